The molecule has 31 heavy (non-hydrogen) atoms. The molecule has 0 fully saturated rings. The van der Waals surface area contributed by atoms with Crippen LogP contribution in [0.1, 0.15) is 51.1 Å². The van der Waals surface area contributed by atoms with Crippen LogP contribution in [-0.2, 0) is 6.42 Å². The van der Waals surface area contributed by atoms with E-state index in [4.69, 9.17) is 4.98 Å². The maximum atomic E-state index is 14.6. The standard InChI is InChI=1S/C25H28FN5/c1-2-3-4-5-6-7-9-20-11-10-19-18-27-25(17-24(19)29-20)30-23-13-12-21(16-22(23)26)31-15-8-14-28-31/h8,10-18H,2-7,9H2,1H3,(H,27,30). The first-order valence-corrected chi connectivity index (χ1v) is 11.1. The normalized spacial score (nSPS) is 11.2. The summed E-state index contributed by atoms with van der Waals surface area (Å²) in [4.78, 5) is 9.21. The van der Waals surface area contributed by atoms with E-state index >= 15 is 0 Å². The van der Waals surface area contributed by atoms with Gasteiger partial charge in [0, 0.05) is 41.8 Å². The Hall–Kier alpha value is -3.28. The third-order valence-electron chi connectivity index (χ3n) is 5.40. The van der Waals surface area contributed by atoms with E-state index in [-0.39, 0.29) is 5.82 Å². The predicted molar refractivity (Wildman–Crippen MR) is 123 cm³/mol. The Bertz CT molecular complexity index is 1120. The Kier molecular flexibility index (Phi) is 6.87. The van der Waals surface area contributed by atoms with Gasteiger partial charge in [-0.05, 0) is 43.2 Å². The maximum Gasteiger partial charge on any atom is 0.148 e. The molecule has 3 aromatic heterocycles. The Morgan fingerprint density at radius 2 is 1.87 bits per heavy atom. The fourth-order valence-electron chi connectivity index (χ4n) is 3.66. The van der Waals surface area contributed by atoms with Crippen molar-refractivity contribution in [2.45, 2.75) is 51.9 Å². The monoisotopic (exact) mass is 417 g/mol. The number of hydrogen-bond donors (Lipinski definition) is 1. The molecule has 1 N–H and O–H groups in total. The summed E-state index contributed by atoms with van der Waals surface area (Å²) >= 11 is 0. The number of pyridine rings is 2. The molecule has 4 aromatic rings. The first-order chi connectivity index (χ1) is 15.2. The van der Waals surface area contributed by atoms with Gasteiger partial charge < -0.3 is 5.32 Å². The molecule has 0 atom stereocenters. The summed E-state index contributed by atoms with van der Waals surface area (Å²) in [6, 6.07) is 12.8. The molecule has 0 amide bonds. The van der Waals surface area contributed by atoms with Crippen LogP contribution < -0.4 is 5.32 Å². The highest BCUT2D eigenvalue weighted by atomic mass is 19.1. The van der Waals surface area contributed by atoms with E-state index in [0.29, 0.717) is 17.2 Å². The van der Waals surface area contributed by atoms with Crippen LogP contribution in [-0.4, -0.2) is 19.7 Å². The number of halogens is 1. The van der Waals surface area contributed by atoms with Crippen LogP contribution in [0.25, 0.3) is 16.6 Å². The molecule has 1 aromatic carbocycles. The molecule has 160 valence electrons. The van der Waals surface area contributed by atoms with Gasteiger partial charge >= 0.3 is 0 Å². The van der Waals surface area contributed by atoms with Crippen molar-refractivity contribution in [3.8, 4) is 5.69 Å². The minimum absolute atomic E-state index is 0.361. The lowest BCUT2D eigenvalue weighted by molar-refractivity contribution is 0.605. The second kappa shape index (κ2) is 10.2. The lowest BCUT2D eigenvalue weighted by Crippen LogP contribution is -2.00. The van der Waals surface area contributed by atoms with Crippen LogP contribution >= 0.6 is 0 Å². The zero-order valence-corrected chi connectivity index (χ0v) is 17.9. The van der Waals surface area contributed by atoms with Gasteiger partial charge in [0.05, 0.1) is 16.9 Å². The van der Waals surface area contributed by atoms with E-state index in [2.05, 4.69) is 34.5 Å². The van der Waals surface area contributed by atoms with Crippen LogP contribution in [0.4, 0.5) is 15.9 Å². The number of rotatable bonds is 10. The summed E-state index contributed by atoms with van der Waals surface area (Å²) in [6.07, 6.45) is 13.8. The number of hydrogen-bond acceptors (Lipinski definition) is 4. The van der Waals surface area contributed by atoms with E-state index in [0.717, 1.165) is 29.4 Å². The van der Waals surface area contributed by atoms with Crippen LogP contribution in [0.2, 0.25) is 0 Å². The number of benzene rings is 1. The topological polar surface area (TPSA) is 55.6 Å². The highest BCUT2D eigenvalue weighted by Gasteiger charge is 2.08. The lowest BCUT2D eigenvalue weighted by Gasteiger charge is -2.10. The van der Waals surface area contributed by atoms with Gasteiger partial charge in [-0.3, -0.25) is 4.98 Å². The average Bonchev–Trinajstić information content (AvgIpc) is 3.32. The maximum absolute atomic E-state index is 14.6. The molecule has 0 radical (unpaired) electrons. The largest absolute Gasteiger partial charge is 0.338 e. The van der Waals surface area contributed by atoms with Gasteiger partial charge in [-0.1, -0.05) is 39.0 Å². The van der Waals surface area contributed by atoms with E-state index in [1.807, 2.05) is 12.1 Å². The average molecular weight is 418 g/mol. The number of unbranched alkanes of at least 4 members (excludes halogenated alkanes) is 5. The van der Waals surface area contributed by atoms with Crippen molar-refractivity contribution in [2.75, 3.05) is 5.32 Å². The van der Waals surface area contributed by atoms with E-state index < -0.39 is 0 Å². The molecule has 5 nitrogen and oxygen atoms in total. The number of fused-ring (bicyclic) bond motifs is 1. The molecule has 6 heteroatoms. The third kappa shape index (κ3) is 5.45. The van der Waals surface area contributed by atoms with Crippen molar-refractivity contribution < 1.29 is 4.39 Å². The van der Waals surface area contributed by atoms with Gasteiger partial charge in [0.15, 0.2) is 0 Å². The molecule has 0 aliphatic heterocycles. The number of aryl methyl sites for hydroxylation is 1. The highest BCUT2D eigenvalue weighted by Crippen LogP contribution is 2.23. The molecule has 0 saturated carbocycles. The summed E-state index contributed by atoms with van der Waals surface area (Å²) in [5.41, 5.74) is 3.00. The van der Waals surface area contributed by atoms with Gasteiger partial charge in [0.2, 0.25) is 0 Å². The van der Waals surface area contributed by atoms with Crippen LogP contribution in [0.5, 0.6) is 0 Å². The second-order valence-corrected chi connectivity index (χ2v) is 7.82. The zero-order valence-electron chi connectivity index (χ0n) is 17.9. The molecule has 0 bridgehead atoms. The SMILES string of the molecule is CCCCCCCCc1ccc2cnc(Nc3ccc(-n4cccn4)cc3F)cc2n1. The molecular formula is C25H28FN5. The summed E-state index contributed by atoms with van der Waals surface area (Å²) < 4.78 is 16.2. The van der Waals surface area contributed by atoms with Crippen LogP contribution in [0.3, 0.4) is 0 Å². The number of aromatic nitrogens is 4. The van der Waals surface area contributed by atoms with Crippen molar-refractivity contribution in [3.63, 3.8) is 0 Å². The molecular weight excluding hydrogens is 389 g/mol. The number of nitrogens with one attached hydrogen (secondary N) is 1. The molecule has 4 rings (SSSR count). The lowest BCUT2D eigenvalue weighted by atomic mass is 10.1. The Balaban J connectivity index is 1.43. The zero-order chi connectivity index (χ0) is 21.5. The minimum atomic E-state index is -0.361. The Labute approximate surface area is 182 Å². The van der Waals surface area contributed by atoms with Crippen molar-refractivity contribution in [3.05, 3.63) is 72.6 Å². The number of anilines is 2. The number of nitrogens with zero attached hydrogens (tertiary/aromatic N) is 4. The summed E-state index contributed by atoms with van der Waals surface area (Å²) in [5, 5.41) is 8.18. The summed E-state index contributed by atoms with van der Waals surface area (Å²) in [6.45, 7) is 2.24. The fraction of sp³-hybridized carbons (Fsp3) is 0.320. The Morgan fingerprint density at radius 3 is 2.68 bits per heavy atom. The summed E-state index contributed by atoms with van der Waals surface area (Å²) in [7, 11) is 0. The van der Waals surface area contributed by atoms with Gasteiger partial charge in [0.25, 0.3) is 0 Å². The molecule has 0 saturated heterocycles. The highest BCUT2D eigenvalue weighted by molar-refractivity contribution is 5.81. The van der Waals surface area contributed by atoms with Crippen LogP contribution in [0.15, 0.2) is 61.1 Å². The van der Waals surface area contributed by atoms with Gasteiger partial charge in [-0.25, -0.2) is 14.1 Å². The molecule has 0 aliphatic rings. The van der Waals surface area contributed by atoms with E-state index in [1.54, 1.807) is 35.4 Å². The second-order valence-electron chi connectivity index (χ2n) is 7.82. The van der Waals surface area contributed by atoms with Crippen molar-refractivity contribution >= 4 is 22.4 Å². The van der Waals surface area contributed by atoms with Crippen LogP contribution in [0, 0.1) is 5.82 Å². The van der Waals surface area contributed by atoms with Crippen molar-refractivity contribution in [2.24, 2.45) is 0 Å². The minimum Gasteiger partial charge on any atom is -0.338 e. The molecule has 0 unspecified atom stereocenters. The first-order valence-electron chi connectivity index (χ1n) is 11.1. The first kappa shape index (κ1) is 21.0. The van der Waals surface area contributed by atoms with Gasteiger partial charge in [-0.2, -0.15) is 5.10 Å². The third-order valence-corrected chi connectivity index (χ3v) is 5.40. The molecule has 0 aliphatic carbocycles. The smallest absolute Gasteiger partial charge is 0.148 e. The Morgan fingerprint density at radius 1 is 1.00 bits per heavy atom. The predicted octanol–water partition coefficient (Wildman–Crippen LogP) is 6.60. The van der Waals surface area contributed by atoms with E-state index in [9.17, 15) is 4.39 Å². The molecule has 3 heterocycles. The fourth-order valence-corrected chi connectivity index (χ4v) is 3.66. The summed E-state index contributed by atoms with van der Waals surface area (Å²) in [5.74, 6) is 0.210. The van der Waals surface area contributed by atoms with Crippen molar-refractivity contribution in [1.82, 2.24) is 19.7 Å². The quantitative estimate of drug-likeness (QED) is 0.295. The van der Waals surface area contributed by atoms with Crippen molar-refractivity contribution in [1.29, 1.82) is 0 Å². The molecule has 0 spiro atoms. The van der Waals surface area contributed by atoms with E-state index in [1.165, 1.54) is 38.2 Å². The van der Waals surface area contributed by atoms with Gasteiger partial charge in [-0.15, -0.1) is 0 Å². The van der Waals surface area contributed by atoms with Gasteiger partial charge in [0.1, 0.15) is 11.6 Å².